The Morgan fingerprint density at radius 3 is 2.64 bits per heavy atom. The molecule has 2 N–H and O–H groups in total. The number of amides is 1. The van der Waals surface area contributed by atoms with E-state index in [1.807, 2.05) is 0 Å². The van der Waals surface area contributed by atoms with Gasteiger partial charge in [0.25, 0.3) is 5.92 Å². The van der Waals surface area contributed by atoms with Crippen molar-refractivity contribution in [1.82, 2.24) is 15.3 Å². The topological polar surface area (TPSA) is 70.2 Å². The lowest BCUT2D eigenvalue weighted by molar-refractivity contribution is -0.117. The van der Waals surface area contributed by atoms with Gasteiger partial charge in [0.15, 0.2) is 5.82 Å². The summed E-state index contributed by atoms with van der Waals surface area (Å²) in [4.78, 5) is 21.4. The molecule has 120 valence electrons. The minimum Gasteiger partial charge on any atom is -0.349 e. The zero-order valence-electron chi connectivity index (χ0n) is 12.4. The fourth-order valence-electron chi connectivity index (χ4n) is 2.61. The van der Waals surface area contributed by atoms with E-state index in [1.54, 1.807) is 7.05 Å². The third-order valence-electron chi connectivity index (χ3n) is 4.11. The van der Waals surface area contributed by atoms with Gasteiger partial charge in [-0.2, -0.15) is 0 Å². The molecular weight excluding hydrogens is 292 g/mol. The maximum absolute atomic E-state index is 13.9. The Morgan fingerprint density at radius 1 is 1.32 bits per heavy atom. The number of halogens is 2. The van der Waals surface area contributed by atoms with E-state index < -0.39 is 12.0 Å². The van der Waals surface area contributed by atoms with Gasteiger partial charge in [-0.15, -0.1) is 0 Å². The first-order valence-corrected chi connectivity index (χ1v) is 7.42. The van der Waals surface area contributed by atoms with Gasteiger partial charge in [-0.05, 0) is 26.3 Å². The Bertz CT molecular complexity index is 547. The molecule has 2 aliphatic rings. The van der Waals surface area contributed by atoms with Crippen molar-refractivity contribution >= 4 is 17.5 Å². The van der Waals surface area contributed by atoms with Crippen molar-refractivity contribution in [2.24, 2.45) is 5.92 Å². The molecule has 1 aliphatic heterocycles. The van der Waals surface area contributed by atoms with E-state index >= 15 is 0 Å². The quantitative estimate of drug-likeness (QED) is 0.876. The van der Waals surface area contributed by atoms with E-state index in [0.29, 0.717) is 24.6 Å². The van der Waals surface area contributed by atoms with Crippen molar-refractivity contribution in [2.45, 2.75) is 31.2 Å². The van der Waals surface area contributed by atoms with Crippen LogP contribution in [-0.2, 0) is 4.79 Å². The van der Waals surface area contributed by atoms with Crippen molar-refractivity contribution in [3.05, 3.63) is 12.4 Å². The van der Waals surface area contributed by atoms with Crippen LogP contribution in [0.2, 0.25) is 0 Å². The van der Waals surface area contributed by atoms with Crippen molar-refractivity contribution in [3.63, 3.8) is 0 Å². The van der Waals surface area contributed by atoms with Crippen LogP contribution in [0.3, 0.4) is 0 Å². The van der Waals surface area contributed by atoms with E-state index in [1.165, 1.54) is 17.3 Å². The van der Waals surface area contributed by atoms with Gasteiger partial charge in [-0.3, -0.25) is 4.79 Å². The monoisotopic (exact) mass is 311 g/mol. The van der Waals surface area contributed by atoms with Crippen molar-refractivity contribution in [2.75, 3.05) is 30.4 Å². The summed E-state index contributed by atoms with van der Waals surface area (Å²) in [6.07, 6.45) is 5.00. The number of aromatic nitrogens is 2. The van der Waals surface area contributed by atoms with Gasteiger partial charge in [0, 0.05) is 12.5 Å². The summed E-state index contributed by atoms with van der Waals surface area (Å²) >= 11 is 0. The summed E-state index contributed by atoms with van der Waals surface area (Å²) in [5.41, 5.74) is 0. The van der Waals surface area contributed by atoms with Crippen LogP contribution in [0.25, 0.3) is 0 Å². The number of rotatable bonds is 4. The first kappa shape index (κ1) is 15.1. The number of nitrogens with zero attached hydrogens (tertiary/aromatic N) is 3. The molecule has 3 rings (SSSR count). The number of carbonyl (C=O) groups is 1. The molecule has 8 heteroatoms. The van der Waals surface area contributed by atoms with Crippen molar-refractivity contribution in [3.8, 4) is 0 Å². The van der Waals surface area contributed by atoms with Crippen LogP contribution < -0.4 is 15.5 Å². The number of anilines is 2. The summed E-state index contributed by atoms with van der Waals surface area (Å²) in [5.74, 6) is -2.02. The number of nitrogens with one attached hydrogen (secondary N) is 2. The third-order valence-corrected chi connectivity index (χ3v) is 4.11. The highest BCUT2D eigenvalue weighted by Crippen LogP contribution is 2.31. The maximum Gasteiger partial charge on any atom is 0.280 e. The second-order valence-electron chi connectivity index (χ2n) is 5.84. The molecule has 1 saturated heterocycles. The molecule has 1 amide bonds. The standard InChI is InChI=1S/C14H19F2N5O/c1-17-10-4-5-21(8-14(10,15)16)12-7-18-11(6-19-12)20-13(22)9-2-3-9/h6-7,9-10,17H,2-5,8H2,1H3,(H,18,20,22). The zero-order chi connectivity index (χ0) is 15.7. The summed E-state index contributed by atoms with van der Waals surface area (Å²) in [7, 11) is 1.55. The fourth-order valence-corrected chi connectivity index (χ4v) is 2.61. The minimum atomic E-state index is -2.81. The summed E-state index contributed by atoms with van der Waals surface area (Å²) in [5, 5.41) is 5.33. The van der Waals surface area contributed by atoms with Crippen molar-refractivity contribution < 1.29 is 13.6 Å². The third kappa shape index (κ3) is 3.16. The van der Waals surface area contributed by atoms with Gasteiger partial charge >= 0.3 is 0 Å². The minimum absolute atomic E-state index is 0.0524. The number of hydrogen-bond donors (Lipinski definition) is 2. The number of piperidine rings is 1. The molecule has 22 heavy (non-hydrogen) atoms. The van der Waals surface area contributed by atoms with Gasteiger partial charge in [-0.25, -0.2) is 18.7 Å². The Hall–Kier alpha value is -1.83. The molecule has 2 fully saturated rings. The Morgan fingerprint density at radius 2 is 2.09 bits per heavy atom. The van der Waals surface area contributed by atoms with Crippen LogP contribution in [0.4, 0.5) is 20.4 Å². The Labute approximate surface area is 127 Å². The van der Waals surface area contributed by atoms with E-state index in [2.05, 4.69) is 20.6 Å². The molecule has 1 saturated carbocycles. The lowest BCUT2D eigenvalue weighted by Gasteiger charge is -2.38. The normalized spacial score (nSPS) is 24.1. The molecule has 6 nitrogen and oxygen atoms in total. The highest BCUT2D eigenvalue weighted by atomic mass is 19.3. The highest BCUT2D eigenvalue weighted by molar-refractivity contribution is 5.93. The van der Waals surface area contributed by atoms with Gasteiger partial charge < -0.3 is 15.5 Å². The van der Waals surface area contributed by atoms with Crippen molar-refractivity contribution in [1.29, 1.82) is 0 Å². The lowest BCUT2D eigenvalue weighted by Crippen LogP contribution is -2.56. The first-order chi connectivity index (χ1) is 10.5. The second-order valence-corrected chi connectivity index (χ2v) is 5.84. The Kier molecular flexibility index (Phi) is 3.94. The number of hydrogen-bond acceptors (Lipinski definition) is 5. The summed E-state index contributed by atoms with van der Waals surface area (Å²) in [6, 6.07) is -0.811. The largest absolute Gasteiger partial charge is 0.349 e. The molecule has 0 radical (unpaired) electrons. The molecular formula is C14H19F2N5O. The predicted molar refractivity (Wildman–Crippen MR) is 78.0 cm³/mol. The van der Waals surface area contributed by atoms with Crippen LogP contribution in [-0.4, -0.2) is 48.0 Å². The molecule has 1 unspecified atom stereocenters. The smallest absolute Gasteiger partial charge is 0.280 e. The molecule has 1 atom stereocenters. The van der Waals surface area contributed by atoms with Crippen LogP contribution in [0.15, 0.2) is 12.4 Å². The van der Waals surface area contributed by atoms with E-state index in [4.69, 9.17) is 0 Å². The molecule has 0 spiro atoms. The van der Waals surface area contributed by atoms with Gasteiger partial charge in [-0.1, -0.05) is 0 Å². The Balaban J connectivity index is 1.64. The van der Waals surface area contributed by atoms with Gasteiger partial charge in [0.1, 0.15) is 5.82 Å². The second kappa shape index (κ2) is 5.75. The molecule has 0 bridgehead atoms. The van der Waals surface area contributed by atoms with Crippen LogP contribution >= 0.6 is 0 Å². The average Bonchev–Trinajstić information content (AvgIpc) is 3.31. The fraction of sp³-hybridized carbons (Fsp3) is 0.643. The zero-order valence-corrected chi connectivity index (χ0v) is 12.4. The van der Waals surface area contributed by atoms with E-state index in [0.717, 1.165) is 12.8 Å². The number of alkyl halides is 2. The van der Waals surface area contributed by atoms with Crippen LogP contribution in [0.5, 0.6) is 0 Å². The van der Waals surface area contributed by atoms with E-state index in [9.17, 15) is 13.6 Å². The highest BCUT2D eigenvalue weighted by Gasteiger charge is 2.44. The van der Waals surface area contributed by atoms with Crippen LogP contribution in [0, 0.1) is 5.92 Å². The SMILES string of the molecule is CNC1CCN(c2cnc(NC(=O)C3CC3)cn2)CC1(F)F. The average molecular weight is 311 g/mol. The summed E-state index contributed by atoms with van der Waals surface area (Å²) in [6.45, 7) is 0.102. The molecule has 0 aromatic carbocycles. The van der Waals surface area contributed by atoms with Gasteiger partial charge in [0.2, 0.25) is 5.91 Å². The first-order valence-electron chi connectivity index (χ1n) is 7.42. The summed E-state index contributed by atoms with van der Waals surface area (Å²) < 4.78 is 27.9. The predicted octanol–water partition coefficient (Wildman–Crippen LogP) is 1.26. The van der Waals surface area contributed by atoms with E-state index in [-0.39, 0.29) is 18.4 Å². The molecule has 2 heterocycles. The lowest BCUT2D eigenvalue weighted by atomic mass is 10.0. The number of carbonyl (C=O) groups excluding carboxylic acids is 1. The molecule has 1 aromatic rings. The molecule has 1 aliphatic carbocycles. The maximum atomic E-state index is 13.9. The van der Waals surface area contributed by atoms with Gasteiger partial charge in [0.05, 0.1) is 25.0 Å². The van der Waals surface area contributed by atoms with Crippen LogP contribution in [0.1, 0.15) is 19.3 Å². The molecule has 1 aromatic heterocycles.